The van der Waals surface area contributed by atoms with Crippen LogP contribution in [-0.2, 0) is 4.79 Å². The molecular weight excluding hydrogens is 251 g/mol. The molecule has 1 fully saturated rings. The number of piperidine rings is 1. The second kappa shape index (κ2) is 6.09. The molecule has 2 N–H and O–H groups in total. The number of nitrogens with zero attached hydrogens (tertiary/aromatic N) is 1. The van der Waals surface area contributed by atoms with Crippen LogP contribution in [0.1, 0.15) is 19.3 Å². The maximum absolute atomic E-state index is 13.1. The van der Waals surface area contributed by atoms with Crippen LogP contribution in [0.2, 0.25) is 0 Å². The van der Waals surface area contributed by atoms with Crippen LogP contribution in [0.5, 0.6) is 0 Å². The number of thioether (sulfide) groups is 1. The lowest BCUT2D eigenvalue weighted by Gasteiger charge is -2.26. The number of halogens is 1. The Morgan fingerprint density at radius 3 is 2.78 bits per heavy atom. The van der Waals surface area contributed by atoms with Crippen LogP contribution in [0.3, 0.4) is 0 Å². The van der Waals surface area contributed by atoms with E-state index in [0.29, 0.717) is 16.3 Å². The molecule has 0 radical (unpaired) electrons. The summed E-state index contributed by atoms with van der Waals surface area (Å²) in [7, 11) is 0. The Labute approximate surface area is 111 Å². The predicted octanol–water partition coefficient (Wildman–Crippen LogP) is 2.51. The smallest absolute Gasteiger partial charge is 0.232 e. The van der Waals surface area contributed by atoms with E-state index in [0.717, 1.165) is 25.9 Å². The molecule has 0 aliphatic carbocycles. The Bertz CT molecular complexity index is 433. The van der Waals surface area contributed by atoms with Crippen molar-refractivity contribution in [1.82, 2.24) is 4.90 Å². The normalized spacial score (nSPS) is 15.7. The summed E-state index contributed by atoms with van der Waals surface area (Å²) in [5.74, 6) is 0.119. The second-order valence-electron chi connectivity index (χ2n) is 4.41. The van der Waals surface area contributed by atoms with Gasteiger partial charge in [-0.3, -0.25) is 4.79 Å². The molecular formula is C13H17FN2OS. The summed E-state index contributed by atoms with van der Waals surface area (Å²) in [5, 5.41) is 0. The van der Waals surface area contributed by atoms with Crippen molar-refractivity contribution >= 4 is 23.4 Å². The number of carbonyl (C=O) groups excluding carboxylic acids is 1. The van der Waals surface area contributed by atoms with Crippen molar-refractivity contribution in [3.8, 4) is 0 Å². The van der Waals surface area contributed by atoms with Crippen LogP contribution in [0.15, 0.2) is 23.1 Å². The van der Waals surface area contributed by atoms with E-state index in [4.69, 9.17) is 5.73 Å². The molecule has 1 aliphatic rings. The molecule has 1 amide bonds. The number of hydrogen-bond acceptors (Lipinski definition) is 3. The van der Waals surface area contributed by atoms with Crippen molar-refractivity contribution in [1.29, 1.82) is 0 Å². The fourth-order valence-electron chi connectivity index (χ4n) is 2.01. The number of likely N-dealkylation sites (tertiary alicyclic amines) is 1. The molecule has 1 heterocycles. The summed E-state index contributed by atoms with van der Waals surface area (Å²) in [6.45, 7) is 1.69. The predicted molar refractivity (Wildman–Crippen MR) is 72.0 cm³/mol. The molecule has 1 aromatic rings. The SMILES string of the molecule is Nc1ccc(F)cc1SCC(=O)N1CCCCC1. The van der Waals surface area contributed by atoms with E-state index in [9.17, 15) is 9.18 Å². The first kappa shape index (κ1) is 13.2. The average Bonchev–Trinajstić information content (AvgIpc) is 2.40. The highest BCUT2D eigenvalue weighted by molar-refractivity contribution is 8.00. The minimum atomic E-state index is -0.322. The van der Waals surface area contributed by atoms with E-state index in [-0.39, 0.29) is 11.7 Å². The number of hydrogen-bond donors (Lipinski definition) is 1. The lowest BCUT2D eigenvalue weighted by molar-refractivity contribution is -0.129. The maximum atomic E-state index is 13.1. The van der Waals surface area contributed by atoms with Gasteiger partial charge < -0.3 is 10.6 Å². The van der Waals surface area contributed by atoms with Gasteiger partial charge in [-0.1, -0.05) is 0 Å². The zero-order valence-electron chi connectivity index (χ0n) is 10.2. The molecule has 1 saturated heterocycles. The fraction of sp³-hybridized carbons (Fsp3) is 0.462. The van der Waals surface area contributed by atoms with Crippen molar-refractivity contribution < 1.29 is 9.18 Å². The summed E-state index contributed by atoms with van der Waals surface area (Å²) in [5.41, 5.74) is 6.26. The summed E-state index contributed by atoms with van der Waals surface area (Å²) < 4.78 is 13.1. The highest BCUT2D eigenvalue weighted by Crippen LogP contribution is 2.26. The highest BCUT2D eigenvalue weighted by Gasteiger charge is 2.16. The second-order valence-corrected chi connectivity index (χ2v) is 5.43. The third kappa shape index (κ3) is 3.38. The molecule has 1 aliphatic heterocycles. The molecule has 0 atom stereocenters. The largest absolute Gasteiger partial charge is 0.398 e. The summed E-state index contributed by atoms with van der Waals surface area (Å²) in [6.07, 6.45) is 3.37. The Balaban J connectivity index is 1.90. The van der Waals surface area contributed by atoms with Gasteiger partial charge in [-0.05, 0) is 37.5 Å². The van der Waals surface area contributed by atoms with Crippen molar-refractivity contribution in [3.63, 3.8) is 0 Å². The van der Waals surface area contributed by atoms with Gasteiger partial charge in [-0.25, -0.2) is 4.39 Å². The third-order valence-electron chi connectivity index (χ3n) is 3.04. The third-order valence-corrected chi connectivity index (χ3v) is 4.09. The van der Waals surface area contributed by atoms with Gasteiger partial charge in [0.2, 0.25) is 5.91 Å². The molecule has 18 heavy (non-hydrogen) atoms. The molecule has 0 aromatic heterocycles. The van der Waals surface area contributed by atoms with Gasteiger partial charge in [0.15, 0.2) is 0 Å². The van der Waals surface area contributed by atoms with E-state index in [2.05, 4.69) is 0 Å². The summed E-state index contributed by atoms with van der Waals surface area (Å²) in [6, 6.07) is 4.23. The van der Waals surface area contributed by atoms with Crippen molar-refractivity contribution in [2.75, 3.05) is 24.6 Å². The van der Waals surface area contributed by atoms with Gasteiger partial charge in [0.05, 0.1) is 5.75 Å². The molecule has 3 nitrogen and oxygen atoms in total. The van der Waals surface area contributed by atoms with E-state index >= 15 is 0 Å². The van der Waals surface area contributed by atoms with Crippen LogP contribution in [0, 0.1) is 5.82 Å². The van der Waals surface area contributed by atoms with Gasteiger partial charge >= 0.3 is 0 Å². The number of amides is 1. The number of nitrogen functional groups attached to an aromatic ring is 1. The van der Waals surface area contributed by atoms with Gasteiger partial charge in [-0.15, -0.1) is 11.8 Å². The first-order valence-electron chi connectivity index (χ1n) is 6.12. The van der Waals surface area contributed by atoms with E-state index in [1.54, 1.807) is 0 Å². The molecule has 5 heteroatoms. The number of nitrogens with two attached hydrogens (primary N) is 1. The maximum Gasteiger partial charge on any atom is 0.232 e. The molecule has 0 bridgehead atoms. The minimum Gasteiger partial charge on any atom is -0.398 e. The number of carbonyl (C=O) groups is 1. The van der Waals surface area contributed by atoms with E-state index in [1.165, 1.54) is 36.4 Å². The topological polar surface area (TPSA) is 46.3 Å². The van der Waals surface area contributed by atoms with Crippen molar-refractivity contribution in [3.05, 3.63) is 24.0 Å². The molecule has 98 valence electrons. The van der Waals surface area contributed by atoms with Gasteiger partial charge in [0.1, 0.15) is 5.82 Å². The van der Waals surface area contributed by atoms with Crippen molar-refractivity contribution in [2.45, 2.75) is 24.2 Å². The minimum absolute atomic E-state index is 0.114. The summed E-state index contributed by atoms with van der Waals surface area (Å²) in [4.78, 5) is 14.5. The Morgan fingerprint density at radius 2 is 2.06 bits per heavy atom. The van der Waals surface area contributed by atoms with Crippen LogP contribution in [0.4, 0.5) is 10.1 Å². The number of anilines is 1. The lowest BCUT2D eigenvalue weighted by atomic mass is 10.1. The van der Waals surface area contributed by atoms with Gasteiger partial charge in [-0.2, -0.15) is 0 Å². The first-order valence-corrected chi connectivity index (χ1v) is 7.11. The van der Waals surface area contributed by atoms with Crippen LogP contribution >= 0.6 is 11.8 Å². The Hall–Kier alpha value is -1.23. The Morgan fingerprint density at radius 1 is 1.33 bits per heavy atom. The zero-order chi connectivity index (χ0) is 13.0. The number of benzene rings is 1. The molecule has 2 rings (SSSR count). The average molecular weight is 268 g/mol. The highest BCUT2D eigenvalue weighted by atomic mass is 32.2. The van der Waals surface area contributed by atoms with Crippen LogP contribution < -0.4 is 5.73 Å². The van der Waals surface area contributed by atoms with E-state index < -0.39 is 0 Å². The molecule has 0 unspecified atom stereocenters. The lowest BCUT2D eigenvalue weighted by Crippen LogP contribution is -2.36. The zero-order valence-corrected chi connectivity index (χ0v) is 11.0. The standard InChI is InChI=1S/C13H17FN2OS/c14-10-4-5-11(15)12(8-10)18-9-13(17)16-6-2-1-3-7-16/h4-5,8H,1-3,6-7,9,15H2. The van der Waals surface area contributed by atoms with Crippen LogP contribution in [0.25, 0.3) is 0 Å². The van der Waals surface area contributed by atoms with Crippen molar-refractivity contribution in [2.24, 2.45) is 0 Å². The van der Waals surface area contributed by atoms with E-state index in [1.807, 2.05) is 4.90 Å². The Kier molecular flexibility index (Phi) is 4.47. The van der Waals surface area contributed by atoms with Gasteiger partial charge in [0.25, 0.3) is 0 Å². The van der Waals surface area contributed by atoms with Gasteiger partial charge in [0, 0.05) is 23.7 Å². The molecule has 0 spiro atoms. The number of rotatable bonds is 3. The first-order chi connectivity index (χ1) is 8.66. The van der Waals surface area contributed by atoms with Crippen LogP contribution in [-0.4, -0.2) is 29.6 Å². The molecule has 1 aromatic carbocycles. The quantitative estimate of drug-likeness (QED) is 0.677. The molecule has 0 saturated carbocycles. The summed E-state index contributed by atoms with van der Waals surface area (Å²) >= 11 is 1.31. The fourth-order valence-corrected chi connectivity index (χ4v) is 2.90. The monoisotopic (exact) mass is 268 g/mol.